The van der Waals surface area contributed by atoms with Gasteiger partial charge in [-0.3, -0.25) is 0 Å². The smallest absolute Gasteiger partial charge is 0.165 e. The van der Waals surface area contributed by atoms with Gasteiger partial charge in [0, 0.05) is 17.3 Å². The van der Waals surface area contributed by atoms with Gasteiger partial charge in [0.25, 0.3) is 0 Å². The molecule has 3 atom stereocenters. The van der Waals surface area contributed by atoms with Crippen LogP contribution in [0, 0.1) is 5.82 Å². The number of ether oxygens (including phenoxy) is 1. The fourth-order valence-electron chi connectivity index (χ4n) is 2.76. The van der Waals surface area contributed by atoms with Crippen LogP contribution >= 0.6 is 11.8 Å². The average Bonchev–Trinajstić information content (AvgIpc) is 2.86. The van der Waals surface area contributed by atoms with E-state index in [0.29, 0.717) is 17.0 Å². The SMILES string of the molecule is COc1cc(C(C)NC2CCCC2SC)ccc1F. The van der Waals surface area contributed by atoms with E-state index in [4.69, 9.17) is 4.74 Å². The number of methoxy groups -OCH3 is 1. The highest BCUT2D eigenvalue weighted by Crippen LogP contribution is 2.31. The maximum Gasteiger partial charge on any atom is 0.165 e. The Bertz CT molecular complexity index is 427. The van der Waals surface area contributed by atoms with Gasteiger partial charge in [0.05, 0.1) is 7.11 Å². The van der Waals surface area contributed by atoms with E-state index < -0.39 is 0 Å². The molecule has 4 heteroatoms. The minimum absolute atomic E-state index is 0.215. The zero-order valence-corrected chi connectivity index (χ0v) is 12.6. The summed E-state index contributed by atoms with van der Waals surface area (Å²) in [7, 11) is 1.50. The number of thioether (sulfide) groups is 1. The van der Waals surface area contributed by atoms with Crippen LogP contribution in [0.1, 0.15) is 37.8 Å². The fourth-order valence-corrected chi connectivity index (χ4v) is 3.71. The molecule has 19 heavy (non-hydrogen) atoms. The minimum atomic E-state index is -0.304. The molecule has 3 unspecified atom stereocenters. The molecule has 106 valence electrons. The van der Waals surface area contributed by atoms with Gasteiger partial charge in [0.15, 0.2) is 11.6 Å². The average molecular weight is 283 g/mol. The summed E-state index contributed by atoms with van der Waals surface area (Å²) >= 11 is 1.94. The highest BCUT2D eigenvalue weighted by molar-refractivity contribution is 7.99. The molecule has 1 fully saturated rings. The molecule has 0 heterocycles. The number of halogens is 1. The van der Waals surface area contributed by atoms with E-state index >= 15 is 0 Å². The van der Waals surface area contributed by atoms with Crippen molar-refractivity contribution in [1.29, 1.82) is 0 Å². The lowest BCUT2D eigenvalue weighted by Crippen LogP contribution is -2.35. The van der Waals surface area contributed by atoms with Crippen LogP contribution in [0.25, 0.3) is 0 Å². The Hall–Kier alpha value is -0.740. The topological polar surface area (TPSA) is 21.3 Å². The first-order chi connectivity index (χ1) is 9.15. The predicted octanol–water partition coefficient (Wildman–Crippen LogP) is 3.77. The van der Waals surface area contributed by atoms with Gasteiger partial charge in [-0.2, -0.15) is 11.8 Å². The quantitative estimate of drug-likeness (QED) is 0.889. The molecular formula is C15H22FNOS. The van der Waals surface area contributed by atoms with Crippen molar-refractivity contribution in [2.45, 2.75) is 43.5 Å². The molecule has 1 N–H and O–H groups in total. The summed E-state index contributed by atoms with van der Waals surface area (Å²) in [4.78, 5) is 0. The van der Waals surface area contributed by atoms with E-state index in [9.17, 15) is 4.39 Å². The second-order valence-electron chi connectivity index (χ2n) is 5.09. The monoisotopic (exact) mass is 283 g/mol. The minimum Gasteiger partial charge on any atom is -0.494 e. The van der Waals surface area contributed by atoms with Crippen molar-refractivity contribution in [3.63, 3.8) is 0 Å². The third-order valence-electron chi connectivity index (χ3n) is 3.89. The summed E-state index contributed by atoms with van der Waals surface area (Å²) in [5.74, 6) is 0.0142. The normalized spacial score (nSPS) is 24.4. The third kappa shape index (κ3) is 3.42. The molecule has 1 aliphatic carbocycles. The van der Waals surface area contributed by atoms with Gasteiger partial charge in [-0.1, -0.05) is 12.5 Å². The Labute approximate surface area is 119 Å². The first-order valence-electron chi connectivity index (χ1n) is 6.78. The fraction of sp³-hybridized carbons (Fsp3) is 0.600. The summed E-state index contributed by atoms with van der Waals surface area (Å²) in [6.45, 7) is 2.13. The Kier molecular flexibility index (Phi) is 5.11. The maximum atomic E-state index is 13.4. The van der Waals surface area contributed by atoms with E-state index in [-0.39, 0.29) is 11.9 Å². The molecule has 1 aromatic rings. The molecule has 0 bridgehead atoms. The summed E-state index contributed by atoms with van der Waals surface area (Å²) in [6.07, 6.45) is 5.99. The molecule has 1 saturated carbocycles. The molecule has 2 rings (SSSR count). The van der Waals surface area contributed by atoms with Crippen molar-refractivity contribution in [1.82, 2.24) is 5.32 Å². The maximum absolute atomic E-state index is 13.4. The van der Waals surface area contributed by atoms with Crippen LogP contribution in [0.4, 0.5) is 4.39 Å². The van der Waals surface area contributed by atoms with Gasteiger partial charge in [0.2, 0.25) is 0 Å². The molecular weight excluding hydrogens is 261 g/mol. The van der Waals surface area contributed by atoms with Crippen molar-refractivity contribution in [2.75, 3.05) is 13.4 Å². The van der Waals surface area contributed by atoms with Crippen LogP contribution in [0.15, 0.2) is 18.2 Å². The van der Waals surface area contributed by atoms with Crippen LogP contribution in [0.2, 0.25) is 0 Å². The Morgan fingerprint density at radius 2 is 2.21 bits per heavy atom. The van der Waals surface area contributed by atoms with E-state index in [0.717, 1.165) is 5.56 Å². The van der Waals surface area contributed by atoms with Crippen LogP contribution in [0.5, 0.6) is 5.75 Å². The van der Waals surface area contributed by atoms with Crippen LogP contribution in [0.3, 0.4) is 0 Å². The van der Waals surface area contributed by atoms with Gasteiger partial charge in [-0.15, -0.1) is 0 Å². The molecule has 0 aromatic heterocycles. The van der Waals surface area contributed by atoms with Crippen molar-refractivity contribution in [2.24, 2.45) is 0 Å². The number of benzene rings is 1. The standard InChI is InChI=1S/C15H22FNOS/c1-10(17-13-5-4-6-15(13)19-3)11-7-8-12(16)14(9-11)18-2/h7-10,13,15,17H,4-6H2,1-3H3. The summed E-state index contributed by atoms with van der Waals surface area (Å²) in [5, 5.41) is 4.37. The molecule has 0 radical (unpaired) electrons. The molecule has 2 nitrogen and oxygen atoms in total. The zero-order valence-electron chi connectivity index (χ0n) is 11.8. The van der Waals surface area contributed by atoms with Crippen LogP contribution < -0.4 is 10.1 Å². The van der Waals surface area contributed by atoms with Crippen molar-refractivity contribution in [3.05, 3.63) is 29.6 Å². The Morgan fingerprint density at radius 1 is 1.42 bits per heavy atom. The number of hydrogen-bond acceptors (Lipinski definition) is 3. The van der Waals surface area contributed by atoms with Gasteiger partial charge < -0.3 is 10.1 Å². The van der Waals surface area contributed by atoms with Crippen molar-refractivity contribution in [3.8, 4) is 5.75 Å². The summed E-state index contributed by atoms with van der Waals surface area (Å²) in [6, 6.07) is 5.87. The van der Waals surface area contributed by atoms with Gasteiger partial charge in [-0.05, 0) is 43.7 Å². The van der Waals surface area contributed by atoms with Crippen molar-refractivity contribution < 1.29 is 9.13 Å². The molecule has 1 aliphatic rings. The molecule has 0 saturated heterocycles. The van der Waals surface area contributed by atoms with Crippen LogP contribution in [-0.4, -0.2) is 24.7 Å². The van der Waals surface area contributed by atoms with Gasteiger partial charge in [-0.25, -0.2) is 4.39 Å². The molecule has 0 spiro atoms. The van der Waals surface area contributed by atoms with E-state index in [1.807, 2.05) is 17.8 Å². The van der Waals surface area contributed by atoms with Crippen molar-refractivity contribution >= 4 is 11.8 Å². The summed E-state index contributed by atoms with van der Waals surface area (Å²) in [5.41, 5.74) is 1.07. The zero-order chi connectivity index (χ0) is 13.8. The van der Waals surface area contributed by atoms with Gasteiger partial charge in [0.1, 0.15) is 0 Å². The largest absolute Gasteiger partial charge is 0.494 e. The third-order valence-corrected chi connectivity index (χ3v) is 5.06. The van der Waals surface area contributed by atoms with Crippen LogP contribution in [-0.2, 0) is 0 Å². The van der Waals surface area contributed by atoms with E-state index in [1.54, 1.807) is 6.07 Å². The lowest BCUT2D eigenvalue weighted by molar-refractivity contribution is 0.384. The van der Waals surface area contributed by atoms with E-state index in [1.165, 1.54) is 32.4 Å². The van der Waals surface area contributed by atoms with E-state index in [2.05, 4.69) is 18.5 Å². The predicted molar refractivity (Wildman–Crippen MR) is 79.4 cm³/mol. The highest BCUT2D eigenvalue weighted by Gasteiger charge is 2.27. The molecule has 0 amide bonds. The molecule has 1 aromatic carbocycles. The number of rotatable bonds is 5. The second-order valence-corrected chi connectivity index (χ2v) is 6.17. The lowest BCUT2D eigenvalue weighted by atomic mass is 10.1. The Morgan fingerprint density at radius 3 is 2.89 bits per heavy atom. The lowest BCUT2D eigenvalue weighted by Gasteiger charge is -2.24. The van der Waals surface area contributed by atoms with Gasteiger partial charge >= 0.3 is 0 Å². The first kappa shape index (κ1) is 14.7. The summed E-state index contributed by atoms with van der Waals surface area (Å²) < 4.78 is 18.4. The number of hydrogen-bond donors (Lipinski definition) is 1. The highest BCUT2D eigenvalue weighted by atomic mass is 32.2. The second kappa shape index (κ2) is 6.62. The Balaban J connectivity index is 2.05. The number of nitrogens with one attached hydrogen (secondary N) is 1. The molecule has 0 aliphatic heterocycles. The first-order valence-corrected chi connectivity index (χ1v) is 8.06.